The van der Waals surface area contributed by atoms with Crippen LogP contribution >= 0.6 is 24.0 Å². The Kier molecular flexibility index (Phi) is 4.42. The van der Waals surface area contributed by atoms with Crippen molar-refractivity contribution in [2.75, 3.05) is 7.05 Å². The normalized spacial score (nSPS) is 16.6. The molecule has 1 aliphatic heterocycles. The van der Waals surface area contributed by atoms with E-state index in [1.165, 1.54) is 16.7 Å². The second kappa shape index (κ2) is 6.07. The Morgan fingerprint density at radius 3 is 2.55 bits per heavy atom. The highest BCUT2D eigenvalue weighted by Crippen LogP contribution is 2.31. The number of allylic oxidation sites excluding steroid dienone is 1. The van der Waals surface area contributed by atoms with Gasteiger partial charge in [-0.1, -0.05) is 67.5 Å². The Morgan fingerprint density at radius 1 is 1.35 bits per heavy atom. The van der Waals surface area contributed by atoms with Gasteiger partial charge in [0.15, 0.2) is 0 Å². The van der Waals surface area contributed by atoms with E-state index in [0.717, 1.165) is 5.56 Å². The lowest BCUT2D eigenvalue weighted by Crippen LogP contribution is -2.22. The Bertz CT molecular complexity index is 620. The van der Waals surface area contributed by atoms with Gasteiger partial charge in [0.1, 0.15) is 15.8 Å². The summed E-state index contributed by atoms with van der Waals surface area (Å²) in [7, 11) is 1.64. The number of rotatable bonds is 4. The third-order valence-electron chi connectivity index (χ3n) is 2.63. The zero-order valence-corrected chi connectivity index (χ0v) is 12.6. The molecule has 1 aromatic rings. The summed E-state index contributed by atoms with van der Waals surface area (Å²) in [5.74, 6) is 0.696. The van der Waals surface area contributed by atoms with Gasteiger partial charge < -0.3 is 4.74 Å². The number of carbonyl (C=O) groups excluding carboxylic acids is 1. The lowest BCUT2D eigenvalue weighted by Gasteiger charge is -2.08. The summed E-state index contributed by atoms with van der Waals surface area (Å²) in [4.78, 5) is 13.8. The Morgan fingerprint density at radius 2 is 2.00 bits per heavy atom. The molecule has 1 amide bonds. The second-order valence-electron chi connectivity index (χ2n) is 4.10. The highest BCUT2D eigenvalue weighted by Gasteiger charge is 2.28. The van der Waals surface area contributed by atoms with Gasteiger partial charge in [0.25, 0.3) is 5.91 Å². The summed E-state index contributed by atoms with van der Waals surface area (Å²) in [5.41, 5.74) is 0.866. The standard InChI is InChI=1S/C15H13NO2S2/c1-10(9-13-14(17)16(3)15(19)20-13)18-11(2)12-7-5-4-6-8-12/h4-9H,1-2H2,3H3/b13-9-. The number of hydrogen-bond acceptors (Lipinski definition) is 4. The number of carbonyl (C=O) groups is 1. The molecule has 1 heterocycles. The molecule has 1 fully saturated rings. The lowest BCUT2D eigenvalue weighted by molar-refractivity contribution is -0.121. The summed E-state index contributed by atoms with van der Waals surface area (Å²) in [6.45, 7) is 7.63. The zero-order valence-electron chi connectivity index (χ0n) is 11.0. The molecule has 1 aliphatic rings. The van der Waals surface area contributed by atoms with Crippen molar-refractivity contribution < 1.29 is 9.53 Å². The minimum Gasteiger partial charge on any atom is -0.458 e. The van der Waals surface area contributed by atoms with Crippen molar-refractivity contribution in [2.24, 2.45) is 0 Å². The van der Waals surface area contributed by atoms with Crippen LogP contribution < -0.4 is 0 Å². The van der Waals surface area contributed by atoms with E-state index in [-0.39, 0.29) is 5.91 Å². The molecule has 0 N–H and O–H groups in total. The summed E-state index contributed by atoms with van der Waals surface area (Å²) < 4.78 is 6.05. The summed E-state index contributed by atoms with van der Waals surface area (Å²) in [5, 5.41) is 0. The molecule has 3 nitrogen and oxygen atoms in total. The monoisotopic (exact) mass is 303 g/mol. The van der Waals surface area contributed by atoms with Gasteiger partial charge in [0, 0.05) is 12.6 Å². The summed E-state index contributed by atoms with van der Waals surface area (Å²) in [6, 6.07) is 9.49. The lowest BCUT2D eigenvalue weighted by atomic mass is 10.2. The largest absolute Gasteiger partial charge is 0.458 e. The third-order valence-corrected chi connectivity index (χ3v) is 4.11. The predicted molar refractivity (Wildman–Crippen MR) is 86.7 cm³/mol. The SMILES string of the molecule is C=C(/C=C1\SC(=S)N(C)C1=O)OC(=C)c1ccccc1. The summed E-state index contributed by atoms with van der Waals surface area (Å²) in [6.07, 6.45) is 1.58. The minimum absolute atomic E-state index is 0.143. The Balaban J connectivity index is 2.05. The molecule has 0 radical (unpaired) electrons. The first-order chi connectivity index (χ1) is 9.49. The highest BCUT2D eigenvalue weighted by molar-refractivity contribution is 8.26. The van der Waals surface area contributed by atoms with E-state index in [1.807, 2.05) is 30.3 Å². The fourth-order valence-corrected chi connectivity index (χ4v) is 2.74. The van der Waals surface area contributed by atoms with Gasteiger partial charge in [0.2, 0.25) is 0 Å². The number of hydrogen-bond donors (Lipinski definition) is 0. The average Bonchev–Trinajstić information content (AvgIpc) is 2.67. The maximum atomic E-state index is 11.8. The van der Waals surface area contributed by atoms with Gasteiger partial charge in [-0.05, 0) is 6.08 Å². The van der Waals surface area contributed by atoms with Crippen LogP contribution in [0, 0.1) is 0 Å². The van der Waals surface area contributed by atoms with Crippen LogP contribution in [0.1, 0.15) is 5.56 Å². The maximum absolute atomic E-state index is 11.8. The van der Waals surface area contributed by atoms with E-state index in [1.54, 1.807) is 13.1 Å². The molecule has 0 bridgehead atoms. The zero-order chi connectivity index (χ0) is 14.7. The molecule has 20 heavy (non-hydrogen) atoms. The van der Waals surface area contributed by atoms with Gasteiger partial charge >= 0.3 is 0 Å². The van der Waals surface area contributed by atoms with Crippen LogP contribution in [-0.4, -0.2) is 22.2 Å². The van der Waals surface area contributed by atoms with Crippen LogP contribution in [0.3, 0.4) is 0 Å². The smallest absolute Gasteiger partial charge is 0.266 e. The van der Waals surface area contributed by atoms with E-state index >= 15 is 0 Å². The molecule has 1 saturated heterocycles. The fraction of sp³-hybridized carbons (Fsp3) is 0.0667. The van der Waals surface area contributed by atoms with Crippen LogP contribution in [0.2, 0.25) is 0 Å². The quantitative estimate of drug-likeness (QED) is 0.483. The van der Waals surface area contributed by atoms with Crippen molar-refractivity contribution in [3.8, 4) is 0 Å². The van der Waals surface area contributed by atoms with Gasteiger partial charge in [-0.2, -0.15) is 0 Å². The number of ether oxygens (including phenoxy) is 1. The number of amides is 1. The van der Waals surface area contributed by atoms with Gasteiger partial charge in [-0.15, -0.1) is 0 Å². The molecule has 2 rings (SSSR count). The van der Waals surface area contributed by atoms with Gasteiger partial charge in [-0.25, -0.2) is 0 Å². The van der Waals surface area contributed by atoms with Crippen LogP contribution in [0.25, 0.3) is 5.76 Å². The minimum atomic E-state index is -0.143. The van der Waals surface area contributed by atoms with Crippen molar-refractivity contribution >= 4 is 40.0 Å². The van der Waals surface area contributed by atoms with E-state index < -0.39 is 0 Å². The highest BCUT2D eigenvalue weighted by atomic mass is 32.2. The topological polar surface area (TPSA) is 29.5 Å². The molecular formula is C15H13NO2S2. The van der Waals surface area contributed by atoms with Gasteiger partial charge in [-0.3, -0.25) is 9.69 Å². The van der Waals surface area contributed by atoms with Crippen LogP contribution in [0.5, 0.6) is 0 Å². The molecule has 102 valence electrons. The first kappa shape index (κ1) is 14.6. The van der Waals surface area contributed by atoms with Crippen molar-refractivity contribution in [3.63, 3.8) is 0 Å². The number of nitrogens with zero attached hydrogens (tertiary/aromatic N) is 1. The number of thiocarbonyl (C=S) groups is 1. The molecule has 0 aliphatic carbocycles. The number of benzene rings is 1. The van der Waals surface area contributed by atoms with Crippen LogP contribution in [-0.2, 0) is 9.53 Å². The van der Waals surface area contributed by atoms with E-state index in [2.05, 4.69) is 13.2 Å². The average molecular weight is 303 g/mol. The first-order valence-corrected chi connectivity index (χ1v) is 7.04. The predicted octanol–water partition coefficient (Wildman–Crippen LogP) is 3.56. The Hall–Kier alpha value is -1.85. The van der Waals surface area contributed by atoms with Crippen molar-refractivity contribution in [1.82, 2.24) is 4.90 Å². The molecule has 0 atom stereocenters. The van der Waals surface area contributed by atoms with Crippen LogP contribution in [0.15, 0.2) is 60.2 Å². The number of likely N-dealkylation sites (N-methyl/N-ethyl adjacent to an activating group) is 1. The third kappa shape index (κ3) is 3.18. The van der Waals surface area contributed by atoms with Crippen molar-refractivity contribution in [2.45, 2.75) is 0 Å². The second-order valence-corrected chi connectivity index (χ2v) is 5.77. The molecular weight excluding hydrogens is 290 g/mol. The molecule has 0 spiro atoms. The first-order valence-electron chi connectivity index (χ1n) is 5.81. The van der Waals surface area contributed by atoms with E-state index in [0.29, 0.717) is 20.7 Å². The van der Waals surface area contributed by atoms with Crippen molar-refractivity contribution in [1.29, 1.82) is 0 Å². The molecule has 5 heteroatoms. The molecule has 0 aromatic heterocycles. The molecule has 0 unspecified atom stereocenters. The fourth-order valence-electron chi connectivity index (χ4n) is 1.56. The maximum Gasteiger partial charge on any atom is 0.266 e. The Labute approximate surface area is 127 Å². The summed E-state index contributed by atoms with van der Waals surface area (Å²) >= 11 is 6.28. The number of thioether (sulfide) groups is 1. The van der Waals surface area contributed by atoms with E-state index in [4.69, 9.17) is 17.0 Å². The van der Waals surface area contributed by atoms with Crippen molar-refractivity contribution in [3.05, 3.63) is 65.8 Å². The van der Waals surface area contributed by atoms with Crippen LogP contribution in [0.4, 0.5) is 0 Å². The van der Waals surface area contributed by atoms with E-state index in [9.17, 15) is 4.79 Å². The molecule has 0 saturated carbocycles. The van der Waals surface area contributed by atoms with Gasteiger partial charge in [0.05, 0.1) is 4.91 Å². The molecule has 1 aromatic carbocycles.